The highest BCUT2D eigenvalue weighted by Gasteiger charge is 2.30. The molecule has 0 aromatic heterocycles. The van der Waals surface area contributed by atoms with Gasteiger partial charge in [-0.05, 0) is 37.0 Å². The molecule has 3 nitrogen and oxygen atoms in total. The number of carbonyl (C=O) groups excluding carboxylic acids is 1. The van der Waals surface area contributed by atoms with Crippen molar-refractivity contribution in [2.75, 3.05) is 0 Å². The van der Waals surface area contributed by atoms with Crippen LogP contribution in [0, 0.1) is 12.8 Å². The first kappa shape index (κ1) is 11.2. The largest absolute Gasteiger partial charge is 0.308 e. The van der Waals surface area contributed by atoms with Gasteiger partial charge in [0.1, 0.15) is 11.5 Å². The highest BCUT2D eigenvalue weighted by molar-refractivity contribution is 6.15. The maximum Gasteiger partial charge on any atom is 0.275 e. The number of nitrogens with zero attached hydrogens (tertiary/aromatic N) is 1. The number of nitrogens with one attached hydrogen (secondary N) is 1. The van der Waals surface area contributed by atoms with Crippen LogP contribution in [0.25, 0.3) is 6.08 Å². The number of hydrogen-bond donors (Lipinski definition) is 1. The molecule has 1 N–H and O–H groups in total. The maximum atomic E-state index is 11.9. The number of carbonyl (C=O) groups is 1. The molecule has 1 aromatic rings. The molecule has 1 aliphatic heterocycles. The van der Waals surface area contributed by atoms with E-state index in [1.807, 2.05) is 37.3 Å². The van der Waals surface area contributed by atoms with Crippen molar-refractivity contribution in [2.45, 2.75) is 26.2 Å². The Morgan fingerprint density at radius 3 is 2.78 bits per heavy atom. The van der Waals surface area contributed by atoms with E-state index in [-0.39, 0.29) is 5.91 Å². The van der Waals surface area contributed by atoms with Gasteiger partial charge in [-0.15, -0.1) is 0 Å². The third-order valence-electron chi connectivity index (χ3n) is 3.69. The number of hydrogen-bond acceptors (Lipinski definition) is 2. The molecule has 18 heavy (non-hydrogen) atoms. The van der Waals surface area contributed by atoms with E-state index in [1.54, 1.807) is 0 Å². The zero-order chi connectivity index (χ0) is 12.5. The molecule has 1 fully saturated rings. The van der Waals surface area contributed by atoms with Crippen molar-refractivity contribution in [1.82, 2.24) is 5.32 Å². The Labute approximate surface area is 107 Å². The van der Waals surface area contributed by atoms with Gasteiger partial charge in [0.05, 0.1) is 0 Å². The van der Waals surface area contributed by atoms with E-state index in [0.29, 0.717) is 11.6 Å². The zero-order valence-electron chi connectivity index (χ0n) is 10.4. The molecular weight excluding hydrogens is 224 g/mol. The summed E-state index contributed by atoms with van der Waals surface area (Å²) < 4.78 is 0. The van der Waals surface area contributed by atoms with Crippen molar-refractivity contribution >= 4 is 17.8 Å². The van der Waals surface area contributed by atoms with E-state index in [1.165, 1.54) is 6.42 Å². The van der Waals surface area contributed by atoms with Crippen molar-refractivity contribution in [3.8, 4) is 0 Å². The molecule has 1 saturated carbocycles. The lowest BCUT2D eigenvalue weighted by molar-refractivity contribution is -0.115. The quantitative estimate of drug-likeness (QED) is 0.793. The predicted molar refractivity (Wildman–Crippen MR) is 72.1 cm³/mol. The molecule has 1 aliphatic carbocycles. The fraction of sp³-hybridized carbons (Fsp3) is 0.333. The summed E-state index contributed by atoms with van der Waals surface area (Å²) in [5, 5.41) is 2.89. The zero-order valence-corrected chi connectivity index (χ0v) is 10.4. The van der Waals surface area contributed by atoms with Crippen LogP contribution >= 0.6 is 0 Å². The summed E-state index contributed by atoms with van der Waals surface area (Å²) in [6.45, 7) is 2.04. The first-order valence-corrected chi connectivity index (χ1v) is 6.41. The second kappa shape index (κ2) is 4.41. The van der Waals surface area contributed by atoms with Crippen LogP contribution < -0.4 is 5.32 Å². The lowest BCUT2D eigenvalue weighted by Gasteiger charge is -2.24. The molecule has 1 aromatic carbocycles. The summed E-state index contributed by atoms with van der Waals surface area (Å²) in [4.78, 5) is 16.3. The third kappa shape index (κ3) is 1.96. The van der Waals surface area contributed by atoms with Crippen molar-refractivity contribution in [3.63, 3.8) is 0 Å². The van der Waals surface area contributed by atoms with Gasteiger partial charge in [0.25, 0.3) is 5.91 Å². The van der Waals surface area contributed by atoms with Gasteiger partial charge < -0.3 is 5.32 Å². The molecule has 0 spiro atoms. The molecule has 1 heterocycles. The Kier molecular flexibility index (Phi) is 2.74. The van der Waals surface area contributed by atoms with E-state index < -0.39 is 0 Å². The van der Waals surface area contributed by atoms with E-state index in [4.69, 9.17) is 0 Å². The van der Waals surface area contributed by atoms with E-state index in [2.05, 4.69) is 10.3 Å². The minimum atomic E-state index is -0.0693. The molecule has 3 heteroatoms. The van der Waals surface area contributed by atoms with Gasteiger partial charge in [-0.1, -0.05) is 30.7 Å². The van der Waals surface area contributed by atoms with E-state index >= 15 is 0 Å². The van der Waals surface area contributed by atoms with Gasteiger partial charge in [0, 0.05) is 5.92 Å². The fourth-order valence-electron chi connectivity index (χ4n) is 2.26. The normalized spacial score (nSPS) is 21.7. The third-order valence-corrected chi connectivity index (χ3v) is 3.69. The van der Waals surface area contributed by atoms with Crippen LogP contribution in [0.1, 0.15) is 30.4 Å². The second-order valence-electron chi connectivity index (χ2n) is 4.97. The summed E-state index contributed by atoms with van der Waals surface area (Å²) in [6.07, 6.45) is 5.42. The Bertz CT molecular complexity index is 553. The van der Waals surface area contributed by atoms with Crippen LogP contribution in [0.4, 0.5) is 0 Å². The monoisotopic (exact) mass is 240 g/mol. The van der Waals surface area contributed by atoms with Gasteiger partial charge in [-0.3, -0.25) is 4.79 Å². The number of rotatable bonds is 2. The Morgan fingerprint density at radius 1 is 1.33 bits per heavy atom. The van der Waals surface area contributed by atoms with Crippen molar-refractivity contribution < 1.29 is 4.79 Å². The minimum Gasteiger partial charge on any atom is -0.308 e. The number of aliphatic imine (C=N–C) groups is 1. The number of aryl methyl sites for hydroxylation is 1. The molecule has 1 amide bonds. The Morgan fingerprint density at radius 2 is 2.11 bits per heavy atom. The maximum absolute atomic E-state index is 11.9. The van der Waals surface area contributed by atoms with Crippen LogP contribution in [0.3, 0.4) is 0 Å². The van der Waals surface area contributed by atoms with Crippen molar-refractivity contribution in [2.24, 2.45) is 10.9 Å². The average Bonchev–Trinajstić information content (AvgIpc) is 2.61. The molecule has 92 valence electrons. The van der Waals surface area contributed by atoms with E-state index in [9.17, 15) is 4.79 Å². The first-order chi connectivity index (χ1) is 8.74. The van der Waals surface area contributed by atoms with Crippen LogP contribution in [0.15, 0.2) is 35.0 Å². The summed E-state index contributed by atoms with van der Waals surface area (Å²) in [7, 11) is 0. The van der Waals surface area contributed by atoms with Crippen LogP contribution in [-0.2, 0) is 4.79 Å². The molecule has 0 radical (unpaired) electrons. The van der Waals surface area contributed by atoms with Gasteiger partial charge in [0.2, 0.25) is 0 Å². The standard InChI is InChI=1S/C15H16N2O/c1-10-5-2-3-6-12(10)9-13-15(18)17-14(16-13)11-7-4-8-11/h2-3,5-6,9,11H,4,7-8H2,1H3,(H,16,17,18)/b13-9-. The number of amides is 1. The van der Waals surface area contributed by atoms with Gasteiger partial charge >= 0.3 is 0 Å². The second-order valence-corrected chi connectivity index (χ2v) is 4.97. The van der Waals surface area contributed by atoms with E-state index in [0.717, 1.165) is 29.8 Å². The SMILES string of the molecule is Cc1ccccc1/C=C1\N=C(C2CCC2)NC1=O. The lowest BCUT2D eigenvalue weighted by Crippen LogP contribution is -2.33. The van der Waals surface area contributed by atoms with Gasteiger partial charge in [-0.25, -0.2) is 4.99 Å². The molecular formula is C15H16N2O. The summed E-state index contributed by atoms with van der Waals surface area (Å²) in [5.74, 6) is 1.27. The highest BCUT2D eigenvalue weighted by atomic mass is 16.2. The molecule has 0 saturated heterocycles. The molecule has 0 bridgehead atoms. The number of benzene rings is 1. The molecule has 0 unspecified atom stereocenters. The summed E-state index contributed by atoms with van der Waals surface area (Å²) >= 11 is 0. The molecule has 3 rings (SSSR count). The Hall–Kier alpha value is -1.90. The summed E-state index contributed by atoms with van der Waals surface area (Å²) in [6, 6.07) is 8.01. The minimum absolute atomic E-state index is 0.0693. The molecule has 0 atom stereocenters. The van der Waals surface area contributed by atoms with Crippen LogP contribution in [0.2, 0.25) is 0 Å². The lowest BCUT2D eigenvalue weighted by atomic mass is 9.84. The van der Waals surface area contributed by atoms with Crippen LogP contribution in [0.5, 0.6) is 0 Å². The average molecular weight is 240 g/mol. The summed E-state index contributed by atoms with van der Waals surface area (Å²) in [5.41, 5.74) is 2.75. The van der Waals surface area contributed by atoms with Crippen molar-refractivity contribution in [3.05, 3.63) is 41.1 Å². The number of amidine groups is 1. The van der Waals surface area contributed by atoms with Gasteiger partial charge in [0.15, 0.2) is 0 Å². The topological polar surface area (TPSA) is 41.5 Å². The smallest absolute Gasteiger partial charge is 0.275 e. The predicted octanol–water partition coefficient (Wildman–Crippen LogP) is 2.66. The first-order valence-electron chi connectivity index (χ1n) is 6.41. The Balaban J connectivity index is 1.89. The molecule has 2 aliphatic rings. The fourth-order valence-corrected chi connectivity index (χ4v) is 2.26. The van der Waals surface area contributed by atoms with Crippen LogP contribution in [-0.4, -0.2) is 11.7 Å². The van der Waals surface area contributed by atoms with Gasteiger partial charge in [-0.2, -0.15) is 0 Å². The van der Waals surface area contributed by atoms with Crippen molar-refractivity contribution in [1.29, 1.82) is 0 Å². The highest BCUT2D eigenvalue weighted by Crippen LogP contribution is 2.29.